The lowest BCUT2D eigenvalue weighted by Crippen LogP contribution is -2.27. The minimum Gasteiger partial charge on any atom is -0.444 e. The van der Waals surface area contributed by atoms with E-state index in [-0.39, 0.29) is 0 Å². The molecule has 0 saturated carbocycles. The molecule has 19 heavy (non-hydrogen) atoms. The minimum atomic E-state index is -0.526. The number of carbonyl (C=O) groups is 1. The first-order valence-corrected chi connectivity index (χ1v) is 6.68. The normalized spacial score (nSPS) is 11.6. The molecule has 5 nitrogen and oxygen atoms in total. The summed E-state index contributed by atoms with van der Waals surface area (Å²) in [4.78, 5) is 15.8. The number of aromatic nitrogens is 2. The van der Waals surface area contributed by atoms with Gasteiger partial charge in [0, 0.05) is 16.7 Å². The molecule has 0 bridgehead atoms. The Morgan fingerprint density at radius 1 is 1.47 bits per heavy atom. The van der Waals surface area contributed by atoms with E-state index >= 15 is 0 Å². The molecule has 2 aromatic rings. The van der Waals surface area contributed by atoms with Crippen LogP contribution in [0.25, 0.3) is 5.52 Å². The zero-order chi connectivity index (χ0) is 14.2. The Hall–Kier alpha value is -1.56. The Kier molecular flexibility index (Phi) is 3.54. The van der Waals surface area contributed by atoms with Crippen molar-refractivity contribution in [2.45, 2.75) is 33.3 Å². The lowest BCUT2D eigenvalue weighted by atomic mass is 10.2. The van der Waals surface area contributed by atoms with E-state index in [4.69, 9.17) is 4.74 Å². The molecule has 1 N–H and O–H groups in total. The highest BCUT2D eigenvalue weighted by atomic mass is 79.9. The van der Waals surface area contributed by atoms with E-state index in [9.17, 15) is 4.79 Å². The molecule has 0 fully saturated rings. The number of nitrogens with zero attached hydrogens (tertiary/aromatic N) is 2. The Labute approximate surface area is 120 Å². The molecule has 6 heteroatoms. The lowest BCUT2D eigenvalue weighted by molar-refractivity contribution is 0.0635. The van der Waals surface area contributed by atoms with Gasteiger partial charge in [-0.05, 0) is 49.2 Å². The molecule has 0 aliphatic carbocycles. The van der Waals surface area contributed by atoms with Crippen molar-refractivity contribution in [3.63, 3.8) is 0 Å². The van der Waals surface area contributed by atoms with Gasteiger partial charge in [-0.3, -0.25) is 5.32 Å². The Morgan fingerprint density at radius 3 is 2.79 bits per heavy atom. The van der Waals surface area contributed by atoms with Crippen LogP contribution >= 0.6 is 15.9 Å². The van der Waals surface area contributed by atoms with Crippen LogP contribution in [0.1, 0.15) is 26.3 Å². The van der Waals surface area contributed by atoms with Gasteiger partial charge in [-0.1, -0.05) is 0 Å². The summed E-state index contributed by atoms with van der Waals surface area (Å²) in [5.74, 6) is 0.468. The number of hydrogen-bond donors (Lipinski definition) is 1. The van der Waals surface area contributed by atoms with Crippen molar-refractivity contribution in [2.24, 2.45) is 0 Å². The predicted octanol–water partition coefficient (Wildman–Crippen LogP) is 3.75. The van der Waals surface area contributed by atoms with Crippen LogP contribution in [0.15, 0.2) is 23.1 Å². The van der Waals surface area contributed by atoms with Crippen LogP contribution < -0.4 is 5.32 Å². The van der Waals surface area contributed by atoms with Gasteiger partial charge in [0.1, 0.15) is 17.7 Å². The van der Waals surface area contributed by atoms with Crippen molar-refractivity contribution in [3.05, 3.63) is 28.6 Å². The molecule has 1 amide bonds. The third kappa shape index (κ3) is 3.26. The number of fused-ring (bicyclic) bond motifs is 1. The van der Waals surface area contributed by atoms with Gasteiger partial charge in [-0.25, -0.2) is 9.78 Å². The van der Waals surface area contributed by atoms with Gasteiger partial charge in [0.15, 0.2) is 0 Å². The number of amides is 1. The first kappa shape index (κ1) is 13.9. The van der Waals surface area contributed by atoms with Gasteiger partial charge >= 0.3 is 6.09 Å². The van der Waals surface area contributed by atoms with Crippen LogP contribution in [-0.2, 0) is 4.74 Å². The second-order valence-electron chi connectivity index (χ2n) is 5.30. The fourth-order valence-electron chi connectivity index (χ4n) is 1.65. The summed E-state index contributed by atoms with van der Waals surface area (Å²) in [6.45, 7) is 7.45. The summed E-state index contributed by atoms with van der Waals surface area (Å²) in [6, 6.07) is 1.81. The van der Waals surface area contributed by atoms with Crippen molar-refractivity contribution in [3.8, 4) is 0 Å². The highest BCUT2D eigenvalue weighted by molar-refractivity contribution is 9.10. The van der Waals surface area contributed by atoms with Gasteiger partial charge in [-0.2, -0.15) is 0 Å². The first-order chi connectivity index (χ1) is 8.76. The molecule has 2 aromatic heterocycles. The van der Waals surface area contributed by atoms with Crippen LogP contribution in [0.4, 0.5) is 10.6 Å². The summed E-state index contributed by atoms with van der Waals surface area (Å²) in [5, 5.41) is 2.63. The zero-order valence-electron chi connectivity index (χ0n) is 11.3. The lowest BCUT2D eigenvalue weighted by Gasteiger charge is -2.19. The Bertz CT molecular complexity index is 629. The second kappa shape index (κ2) is 4.85. The van der Waals surface area contributed by atoms with Crippen molar-refractivity contribution < 1.29 is 9.53 Å². The number of halogens is 1. The van der Waals surface area contributed by atoms with Gasteiger partial charge in [0.2, 0.25) is 0 Å². The maximum atomic E-state index is 11.7. The highest BCUT2D eigenvalue weighted by Crippen LogP contribution is 2.24. The molecule has 0 aliphatic heterocycles. The van der Waals surface area contributed by atoms with E-state index in [1.54, 1.807) is 6.33 Å². The average molecular weight is 326 g/mol. The molecule has 102 valence electrons. The fourth-order valence-corrected chi connectivity index (χ4v) is 2.07. The molecule has 0 unspecified atom stereocenters. The van der Waals surface area contributed by atoms with E-state index in [0.717, 1.165) is 15.6 Å². The van der Waals surface area contributed by atoms with Gasteiger partial charge in [-0.15, -0.1) is 0 Å². The Morgan fingerprint density at radius 2 is 2.16 bits per heavy atom. The molecule has 0 atom stereocenters. The van der Waals surface area contributed by atoms with E-state index < -0.39 is 11.7 Å². The number of anilines is 1. The van der Waals surface area contributed by atoms with Gasteiger partial charge < -0.3 is 9.14 Å². The number of carbonyl (C=O) groups excluding carboxylic acids is 1. The van der Waals surface area contributed by atoms with Crippen LogP contribution in [0.3, 0.4) is 0 Å². The quantitative estimate of drug-likeness (QED) is 0.868. The average Bonchev–Trinajstić information content (AvgIpc) is 2.53. The SMILES string of the molecule is Cc1c(Br)cn2cnc(NC(=O)OC(C)(C)C)cc12. The van der Waals surface area contributed by atoms with E-state index in [0.29, 0.717) is 5.82 Å². The smallest absolute Gasteiger partial charge is 0.413 e. The largest absolute Gasteiger partial charge is 0.444 e. The number of aryl methyl sites for hydroxylation is 1. The maximum Gasteiger partial charge on any atom is 0.413 e. The monoisotopic (exact) mass is 325 g/mol. The fraction of sp³-hybridized carbons (Fsp3) is 0.385. The third-order valence-corrected chi connectivity index (χ3v) is 3.30. The number of rotatable bonds is 1. The molecule has 0 spiro atoms. The second-order valence-corrected chi connectivity index (χ2v) is 6.15. The third-order valence-electron chi connectivity index (χ3n) is 2.50. The number of ether oxygens (including phenoxy) is 1. The predicted molar refractivity (Wildman–Crippen MR) is 77.5 cm³/mol. The van der Waals surface area contributed by atoms with Crippen molar-refractivity contribution in [1.82, 2.24) is 9.38 Å². The molecule has 0 radical (unpaired) electrons. The molecule has 2 heterocycles. The van der Waals surface area contributed by atoms with Crippen molar-refractivity contribution in [2.75, 3.05) is 5.32 Å². The topological polar surface area (TPSA) is 55.6 Å². The standard InChI is InChI=1S/C13H16BrN3O2/c1-8-9(14)6-17-7-15-11(5-10(8)17)16-12(18)19-13(2,3)4/h5-7H,1-4H3,(H,16,18). The zero-order valence-corrected chi connectivity index (χ0v) is 12.9. The molecular weight excluding hydrogens is 310 g/mol. The molecule has 0 saturated heterocycles. The van der Waals surface area contributed by atoms with Crippen LogP contribution in [-0.4, -0.2) is 21.1 Å². The van der Waals surface area contributed by atoms with E-state index in [2.05, 4.69) is 26.2 Å². The summed E-state index contributed by atoms with van der Waals surface area (Å²) in [7, 11) is 0. The van der Waals surface area contributed by atoms with Crippen LogP contribution in [0, 0.1) is 6.92 Å². The molecule has 2 rings (SSSR count). The minimum absolute atomic E-state index is 0.468. The van der Waals surface area contributed by atoms with Crippen LogP contribution in [0.2, 0.25) is 0 Å². The van der Waals surface area contributed by atoms with Gasteiger partial charge in [0.05, 0.1) is 5.52 Å². The van der Waals surface area contributed by atoms with Gasteiger partial charge in [0.25, 0.3) is 0 Å². The molecule has 0 aliphatic rings. The summed E-state index contributed by atoms with van der Waals surface area (Å²) >= 11 is 3.46. The van der Waals surface area contributed by atoms with Crippen molar-refractivity contribution in [1.29, 1.82) is 0 Å². The number of hydrogen-bond acceptors (Lipinski definition) is 3. The molecular formula is C13H16BrN3O2. The Balaban J connectivity index is 2.22. The highest BCUT2D eigenvalue weighted by Gasteiger charge is 2.16. The summed E-state index contributed by atoms with van der Waals surface area (Å²) in [5.41, 5.74) is 1.55. The van der Waals surface area contributed by atoms with Crippen molar-refractivity contribution >= 4 is 33.4 Å². The summed E-state index contributed by atoms with van der Waals surface area (Å²) < 4.78 is 8.08. The summed E-state index contributed by atoms with van der Waals surface area (Å²) in [6.07, 6.45) is 3.07. The first-order valence-electron chi connectivity index (χ1n) is 5.89. The number of nitrogens with one attached hydrogen (secondary N) is 1. The van der Waals surface area contributed by atoms with E-state index in [1.165, 1.54) is 0 Å². The molecule has 0 aromatic carbocycles. The van der Waals surface area contributed by atoms with Crippen LogP contribution in [0.5, 0.6) is 0 Å². The van der Waals surface area contributed by atoms with E-state index in [1.807, 2.05) is 44.4 Å². The maximum absolute atomic E-state index is 11.7.